The summed E-state index contributed by atoms with van der Waals surface area (Å²) in [5, 5.41) is 3.11. The highest BCUT2D eigenvalue weighted by Crippen LogP contribution is 2.31. The van der Waals surface area contributed by atoms with E-state index in [0.29, 0.717) is 5.92 Å². The van der Waals surface area contributed by atoms with Crippen molar-refractivity contribution in [2.45, 2.75) is 32.4 Å². The van der Waals surface area contributed by atoms with E-state index < -0.39 is 0 Å². The minimum atomic E-state index is -0.216. The van der Waals surface area contributed by atoms with Crippen LogP contribution in [0.5, 0.6) is 0 Å². The summed E-state index contributed by atoms with van der Waals surface area (Å²) in [5.41, 5.74) is 4.09. The number of nitrogens with zero attached hydrogens (tertiary/aromatic N) is 2. The minimum absolute atomic E-state index is 0.0211. The molecule has 160 valence electrons. The molecule has 0 spiro atoms. The van der Waals surface area contributed by atoms with Gasteiger partial charge in [-0.1, -0.05) is 36.4 Å². The molecule has 5 heteroatoms. The first-order valence-electron chi connectivity index (χ1n) is 10.8. The summed E-state index contributed by atoms with van der Waals surface area (Å²) < 4.78 is 13.6. The Morgan fingerprint density at radius 2 is 1.81 bits per heavy atom. The fourth-order valence-corrected chi connectivity index (χ4v) is 4.43. The SMILES string of the molecule is CC(=O)N[C@@H](c1ccccn1)C1CCN(Cc2cccc(-c3cccc(F)c3)c2)CC1. The molecular formula is C26H28FN3O. The Balaban J connectivity index is 1.40. The third kappa shape index (κ3) is 5.56. The Morgan fingerprint density at radius 1 is 1.06 bits per heavy atom. The third-order valence-corrected chi connectivity index (χ3v) is 5.96. The number of amides is 1. The van der Waals surface area contributed by atoms with Crippen LogP contribution in [0.2, 0.25) is 0 Å². The van der Waals surface area contributed by atoms with Crippen LogP contribution >= 0.6 is 0 Å². The van der Waals surface area contributed by atoms with E-state index in [2.05, 4.69) is 27.3 Å². The van der Waals surface area contributed by atoms with Crippen molar-refractivity contribution in [3.05, 3.63) is 90.0 Å². The second-order valence-electron chi connectivity index (χ2n) is 8.26. The van der Waals surface area contributed by atoms with Gasteiger partial charge >= 0.3 is 0 Å². The van der Waals surface area contributed by atoms with E-state index >= 15 is 0 Å². The van der Waals surface area contributed by atoms with Crippen LogP contribution in [0.1, 0.15) is 37.1 Å². The lowest BCUT2D eigenvalue weighted by molar-refractivity contribution is -0.120. The minimum Gasteiger partial charge on any atom is -0.348 e. The highest BCUT2D eigenvalue weighted by atomic mass is 19.1. The molecule has 1 aromatic heterocycles. The van der Waals surface area contributed by atoms with Gasteiger partial charge in [0, 0.05) is 19.7 Å². The number of aromatic nitrogens is 1. The fourth-order valence-electron chi connectivity index (χ4n) is 4.43. The number of benzene rings is 2. The van der Waals surface area contributed by atoms with Crippen molar-refractivity contribution in [2.75, 3.05) is 13.1 Å². The second-order valence-corrected chi connectivity index (χ2v) is 8.26. The summed E-state index contributed by atoms with van der Waals surface area (Å²) >= 11 is 0. The van der Waals surface area contributed by atoms with E-state index in [-0.39, 0.29) is 17.8 Å². The van der Waals surface area contributed by atoms with Gasteiger partial charge in [-0.15, -0.1) is 0 Å². The van der Waals surface area contributed by atoms with Gasteiger partial charge in [0.25, 0.3) is 0 Å². The normalized spacial score (nSPS) is 16.1. The predicted molar refractivity (Wildman–Crippen MR) is 121 cm³/mol. The number of pyridine rings is 1. The molecule has 1 aliphatic heterocycles. The van der Waals surface area contributed by atoms with E-state index in [1.807, 2.05) is 36.4 Å². The van der Waals surface area contributed by atoms with Crippen LogP contribution in [0.4, 0.5) is 4.39 Å². The molecule has 2 heterocycles. The summed E-state index contributed by atoms with van der Waals surface area (Å²) in [6.45, 7) is 4.37. The standard InChI is InChI=1S/C26H28FN3O/c1-19(31)29-26(25-10-2-3-13-28-25)21-11-14-30(15-12-21)18-20-6-4-7-22(16-20)23-8-5-9-24(27)17-23/h2-10,13,16-17,21,26H,11-12,14-15,18H2,1H3,(H,29,31)/t26-/m1/s1. The van der Waals surface area contributed by atoms with Gasteiger partial charge in [0.1, 0.15) is 5.82 Å². The average Bonchev–Trinajstić information content (AvgIpc) is 2.79. The van der Waals surface area contributed by atoms with Crippen LogP contribution in [-0.2, 0) is 11.3 Å². The van der Waals surface area contributed by atoms with Crippen LogP contribution < -0.4 is 5.32 Å². The van der Waals surface area contributed by atoms with Gasteiger partial charge in [0.05, 0.1) is 11.7 Å². The molecule has 0 radical (unpaired) electrons. The summed E-state index contributed by atoms with van der Waals surface area (Å²) in [5.74, 6) is 0.132. The summed E-state index contributed by atoms with van der Waals surface area (Å²) in [6.07, 6.45) is 3.79. The molecule has 3 aromatic rings. The van der Waals surface area contributed by atoms with Crippen LogP contribution in [0.3, 0.4) is 0 Å². The van der Waals surface area contributed by atoms with Crippen LogP contribution in [0.25, 0.3) is 11.1 Å². The number of rotatable bonds is 6. The van der Waals surface area contributed by atoms with E-state index in [4.69, 9.17) is 0 Å². The number of piperidine rings is 1. The molecule has 31 heavy (non-hydrogen) atoms. The van der Waals surface area contributed by atoms with Crippen molar-refractivity contribution in [3.63, 3.8) is 0 Å². The molecule has 0 saturated carbocycles. The first kappa shape index (κ1) is 21.2. The monoisotopic (exact) mass is 417 g/mol. The maximum atomic E-state index is 13.6. The molecule has 1 fully saturated rings. The maximum absolute atomic E-state index is 13.6. The smallest absolute Gasteiger partial charge is 0.217 e. The van der Waals surface area contributed by atoms with Gasteiger partial charge < -0.3 is 5.32 Å². The van der Waals surface area contributed by atoms with Crippen molar-refractivity contribution >= 4 is 5.91 Å². The first-order chi connectivity index (χ1) is 15.1. The Morgan fingerprint density at radius 3 is 2.48 bits per heavy atom. The molecule has 4 nitrogen and oxygen atoms in total. The number of nitrogens with one attached hydrogen (secondary N) is 1. The largest absolute Gasteiger partial charge is 0.348 e. The number of hydrogen-bond donors (Lipinski definition) is 1. The van der Waals surface area contributed by atoms with Crippen LogP contribution in [0, 0.1) is 11.7 Å². The number of hydrogen-bond acceptors (Lipinski definition) is 3. The summed E-state index contributed by atoms with van der Waals surface area (Å²) in [7, 11) is 0. The van der Waals surface area contributed by atoms with Crippen LogP contribution in [-0.4, -0.2) is 28.9 Å². The van der Waals surface area contributed by atoms with Crippen molar-refractivity contribution in [2.24, 2.45) is 5.92 Å². The summed E-state index contributed by atoms with van der Waals surface area (Å²) in [6, 6.07) is 20.9. The molecule has 4 rings (SSSR count). The van der Waals surface area contributed by atoms with Gasteiger partial charge in [0.15, 0.2) is 0 Å². The topological polar surface area (TPSA) is 45.2 Å². The molecule has 1 amide bonds. The lowest BCUT2D eigenvalue weighted by Gasteiger charge is -2.36. The van der Waals surface area contributed by atoms with Crippen molar-refractivity contribution in [1.29, 1.82) is 0 Å². The molecule has 1 N–H and O–H groups in total. The molecular weight excluding hydrogens is 389 g/mol. The molecule has 0 bridgehead atoms. The predicted octanol–water partition coefficient (Wildman–Crippen LogP) is 4.98. The highest BCUT2D eigenvalue weighted by Gasteiger charge is 2.29. The molecule has 0 aliphatic carbocycles. The molecule has 1 saturated heterocycles. The Bertz CT molecular complexity index is 1020. The zero-order valence-corrected chi connectivity index (χ0v) is 17.8. The molecule has 1 aliphatic rings. The fraction of sp³-hybridized carbons (Fsp3) is 0.308. The quantitative estimate of drug-likeness (QED) is 0.615. The van der Waals surface area contributed by atoms with Gasteiger partial charge in [-0.25, -0.2) is 4.39 Å². The Hall–Kier alpha value is -3.05. The highest BCUT2D eigenvalue weighted by molar-refractivity contribution is 5.73. The average molecular weight is 418 g/mol. The first-order valence-corrected chi connectivity index (χ1v) is 10.8. The molecule has 2 aromatic carbocycles. The van der Waals surface area contributed by atoms with E-state index in [1.54, 1.807) is 25.3 Å². The maximum Gasteiger partial charge on any atom is 0.217 e. The number of carbonyl (C=O) groups excluding carboxylic acids is 1. The Kier molecular flexibility index (Phi) is 6.73. The number of likely N-dealkylation sites (tertiary alicyclic amines) is 1. The zero-order valence-electron chi connectivity index (χ0n) is 17.8. The van der Waals surface area contributed by atoms with Gasteiger partial charge in [-0.2, -0.15) is 0 Å². The summed E-state index contributed by atoms with van der Waals surface area (Å²) in [4.78, 5) is 18.7. The lowest BCUT2D eigenvalue weighted by Crippen LogP contribution is -2.40. The third-order valence-electron chi connectivity index (χ3n) is 5.96. The van der Waals surface area contributed by atoms with E-state index in [9.17, 15) is 9.18 Å². The van der Waals surface area contributed by atoms with Gasteiger partial charge in [0.2, 0.25) is 5.91 Å². The molecule has 0 unspecified atom stereocenters. The van der Waals surface area contributed by atoms with Crippen molar-refractivity contribution in [3.8, 4) is 11.1 Å². The number of carbonyl (C=O) groups is 1. The van der Waals surface area contributed by atoms with Gasteiger partial charge in [-0.3, -0.25) is 14.7 Å². The van der Waals surface area contributed by atoms with E-state index in [1.165, 1.54) is 11.6 Å². The second kappa shape index (κ2) is 9.84. The number of halogens is 1. The zero-order chi connectivity index (χ0) is 21.6. The van der Waals surface area contributed by atoms with E-state index in [0.717, 1.165) is 49.3 Å². The van der Waals surface area contributed by atoms with Crippen molar-refractivity contribution < 1.29 is 9.18 Å². The van der Waals surface area contributed by atoms with Crippen LogP contribution in [0.15, 0.2) is 72.9 Å². The molecule has 1 atom stereocenters. The lowest BCUT2D eigenvalue weighted by atomic mass is 9.87. The Labute approximate surface area is 183 Å². The van der Waals surface area contributed by atoms with Crippen molar-refractivity contribution in [1.82, 2.24) is 15.2 Å². The van der Waals surface area contributed by atoms with Gasteiger partial charge in [-0.05, 0) is 78.9 Å².